The second-order valence-corrected chi connectivity index (χ2v) is 5.74. The molecule has 0 spiro atoms. The van der Waals surface area contributed by atoms with Crippen molar-refractivity contribution < 1.29 is 14.7 Å². The van der Waals surface area contributed by atoms with E-state index in [1.54, 1.807) is 0 Å². The van der Waals surface area contributed by atoms with E-state index in [9.17, 15) is 9.59 Å². The number of urea groups is 1. The summed E-state index contributed by atoms with van der Waals surface area (Å²) in [6.07, 6.45) is 8.45. The average molecular weight is 284 g/mol. The topological polar surface area (TPSA) is 78.4 Å². The number of carbonyl (C=O) groups excluding carboxylic acids is 1. The predicted molar refractivity (Wildman–Crippen MR) is 78.7 cm³/mol. The van der Waals surface area contributed by atoms with E-state index in [4.69, 9.17) is 5.11 Å². The Hall–Kier alpha value is -1.26. The van der Waals surface area contributed by atoms with Crippen LogP contribution < -0.4 is 10.6 Å². The van der Waals surface area contributed by atoms with Crippen LogP contribution in [0.3, 0.4) is 0 Å². The molecule has 2 amide bonds. The minimum Gasteiger partial charge on any atom is -0.481 e. The summed E-state index contributed by atoms with van der Waals surface area (Å²) in [7, 11) is 0. The van der Waals surface area contributed by atoms with Gasteiger partial charge in [-0.25, -0.2) is 4.79 Å². The second-order valence-electron chi connectivity index (χ2n) is 5.74. The highest BCUT2D eigenvalue weighted by molar-refractivity contribution is 5.74. The number of nitrogens with one attached hydrogen (secondary N) is 2. The molecule has 2 unspecified atom stereocenters. The molecule has 0 radical (unpaired) electrons. The standard InChI is InChI=1S/C15H28N2O3/c1-2-12-7-6-8-13(11-12)17-15(20)16-10-5-3-4-9-14(18)19/h12-13H,2-11H2,1H3,(H,18,19)(H2,16,17,20). The van der Waals surface area contributed by atoms with Gasteiger partial charge in [0.25, 0.3) is 0 Å². The van der Waals surface area contributed by atoms with Crippen LogP contribution in [-0.4, -0.2) is 29.7 Å². The highest BCUT2D eigenvalue weighted by atomic mass is 16.4. The number of hydrogen-bond acceptors (Lipinski definition) is 2. The first kappa shape index (κ1) is 16.8. The first-order chi connectivity index (χ1) is 9.61. The van der Waals surface area contributed by atoms with Gasteiger partial charge >= 0.3 is 12.0 Å². The van der Waals surface area contributed by atoms with Gasteiger partial charge in [-0.15, -0.1) is 0 Å². The molecule has 1 saturated carbocycles. The zero-order chi connectivity index (χ0) is 14.8. The molecule has 5 nitrogen and oxygen atoms in total. The van der Waals surface area contributed by atoms with Gasteiger partial charge in [-0.2, -0.15) is 0 Å². The third-order valence-corrected chi connectivity index (χ3v) is 4.05. The predicted octanol–water partition coefficient (Wildman–Crippen LogP) is 2.90. The zero-order valence-corrected chi connectivity index (χ0v) is 12.5. The van der Waals surface area contributed by atoms with Gasteiger partial charge in [-0.3, -0.25) is 4.79 Å². The first-order valence-corrected chi connectivity index (χ1v) is 7.88. The minimum absolute atomic E-state index is 0.0787. The molecule has 116 valence electrons. The number of carboxylic acid groups (broad SMARTS) is 1. The van der Waals surface area contributed by atoms with Crippen molar-refractivity contribution in [3.8, 4) is 0 Å². The fourth-order valence-electron chi connectivity index (χ4n) is 2.81. The molecule has 1 aliphatic rings. The Balaban J connectivity index is 2.03. The highest BCUT2D eigenvalue weighted by Gasteiger charge is 2.21. The number of carboxylic acids is 1. The normalized spacial score (nSPS) is 22.2. The summed E-state index contributed by atoms with van der Waals surface area (Å²) in [5, 5.41) is 14.4. The number of amides is 2. The number of carbonyl (C=O) groups is 2. The van der Waals surface area contributed by atoms with E-state index in [0.717, 1.165) is 31.6 Å². The van der Waals surface area contributed by atoms with Gasteiger partial charge in [-0.05, 0) is 31.6 Å². The summed E-state index contributed by atoms with van der Waals surface area (Å²) in [4.78, 5) is 22.1. The van der Waals surface area contributed by atoms with Crippen LogP contribution >= 0.6 is 0 Å². The van der Waals surface area contributed by atoms with Crippen molar-refractivity contribution in [3.63, 3.8) is 0 Å². The molecule has 0 aromatic heterocycles. The van der Waals surface area contributed by atoms with Gasteiger partial charge in [-0.1, -0.05) is 32.6 Å². The summed E-state index contributed by atoms with van der Waals surface area (Å²) >= 11 is 0. The van der Waals surface area contributed by atoms with Crippen molar-refractivity contribution in [3.05, 3.63) is 0 Å². The smallest absolute Gasteiger partial charge is 0.315 e. The van der Waals surface area contributed by atoms with E-state index >= 15 is 0 Å². The largest absolute Gasteiger partial charge is 0.481 e. The quantitative estimate of drug-likeness (QED) is 0.600. The van der Waals surface area contributed by atoms with Crippen molar-refractivity contribution in [2.45, 2.75) is 70.8 Å². The van der Waals surface area contributed by atoms with Crippen molar-refractivity contribution >= 4 is 12.0 Å². The van der Waals surface area contributed by atoms with Crippen LogP contribution in [0.4, 0.5) is 4.79 Å². The SMILES string of the molecule is CCC1CCCC(NC(=O)NCCCCCC(=O)O)C1. The molecular formula is C15H28N2O3. The van der Waals surface area contributed by atoms with Crippen molar-refractivity contribution in [1.82, 2.24) is 10.6 Å². The molecular weight excluding hydrogens is 256 g/mol. The Morgan fingerprint density at radius 1 is 1.20 bits per heavy atom. The zero-order valence-electron chi connectivity index (χ0n) is 12.5. The lowest BCUT2D eigenvalue weighted by Gasteiger charge is -2.29. The van der Waals surface area contributed by atoms with E-state index in [-0.39, 0.29) is 12.5 Å². The van der Waals surface area contributed by atoms with Gasteiger partial charge in [0.05, 0.1) is 0 Å². The van der Waals surface area contributed by atoms with Gasteiger partial charge in [0.15, 0.2) is 0 Å². The molecule has 0 aromatic carbocycles. The van der Waals surface area contributed by atoms with Crippen LogP contribution in [0.15, 0.2) is 0 Å². The van der Waals surface area contributed by atoms with E-state index in [0.29, 0.717) is 19.0 Å². The van der Waals surface area contributed by atoms with Gasteiger partial charge < -0.3 is 15.7 Å². The number of hydrogen-bond donors (Lipinski definition) is 3. The fourth-order valence-corrected chi connectivity index (χ4v) is 2.81. The van der Waals surface area contributed by atoms with Crippen LogP contribution in [0.25, 0.3) is 0 Å². The minimum atomic E-state index is -0.751. The van der Waals surface area contributed by atoms with E-state index in [2.05, 4.69) is 17.6 Å². The van der Waals surface area contributed by atoms with Gasteiger partial charge in [0.1, 0.15) is 0 Å². The van der Waals surface area contributed by atoms with Gasteiger partial charge in [0.2, 0.25) is 0 Å². The summed E-state index contributed by atoms with van der Waals surface area (Å²) in [5.41, 5.74) is 0. The summed E-state index contributed by atoms with van der Waals surface area (Å²) in [5.74, 6) is 0.00328. The molecule has 3 N–H and O–H groups in total. The Bertz CT molecular complexity index is 307. The molecule has 1 rings (SSSR count). The lowest BCUT2D eigenvalue weighted by molar-refractivity contribution is -0.137. The molecule has 5 heteroatoms. The molecule has 0 aliphatic heterocycles. The molecule has 0 bridgehead atoms. The van der Waals surface area contributed by atoms with E-state index < -0.39 is 5.97 Å². The Labute approximate surface area is 121 Å². The fraction of sp³-hybridized carbons (Fsp3) is 0.867. The Morgan fingerprint density at radius 2 is 2.00 bits per heavy atom. The van der Waals surface area contributed by atoms with Crippen molar-refractivity contribution in [2.75, 3.05) is 6.54 Å². The maximum absolute atomic E-state index is 11.7. The lowest BCUT2D eigenvalue weighted by atomic mass is 9.84. The third kappa shape index (κ3) is 7.36. The van der Waals surface area contributed by atoms with Crippen LogP contribution in [0.2, 0.25) is 0 Å². The van der Waals surface area contributed by atoms with Crippen LogP contribution in [0.1, 0.15) is 64.7 Å². The molecule has 0 saturated heterocycles. The summed E-state index contributed by atoms with van der Waals surface area (Å²) in [6.45, 7) is 2.83. The molecule has 2 atom stereocenters. The molecule has 0 heterocycles. The second kappa shape index (κ2) is 9.61. The van der Waals surface area contributed by atoms with Crippen LogP contribution in [0.5, 0.6) is 0 Å². The molecule has 1 aliphatic carbocycles. The molecule has 20 heavy (non-hydrogen) atoms. The average Bonchev–Trinajstić information content (AvgIpc) is 2.42. The number of aliphatic carboxylic acids is 1. The molecule has 1 fully saturated rings. The van der Waals surface area contributed by atoms with Gasteiger partial charge in [0, 0.05) is 19.0 Å². The van der Waals surface area contributed by atoms with E-state index in [1.807, 2.05) is 0 Å². The molecule has 0 aromatic rings. The lowest BCUT2D eigenvalue weighted by Crippen LogP contribution is -2.44. The van der Waals surface area contributed by atoms with Crippen LogP contribution in [0, 0.1) is 5.92 Å². The first-order valence-electron chi connectivity index (χ1n) is 7.88. The summed E-state index contributed by atoms with van der Waals surface area (Å²) in [6, 6.07) is 0.241. The summed E-state index contributed by atoms with van der Waals surface area (Å²) < 4.78 is 0. The maximum Gasteiger partial charge on any atom is 0.315 e. The Kier molecular flexibility index (Phi) is 8.07. The number of unbranched alkanes of at least 4 members (excludes halogenated alkanes) is 2. The van der Waals surface area contributed by atoms with E-state index in [1.165, 1.54) is 19.3 Å². The van der Waals surface area contributed by atoms with Crippen LogP contribution in [-0.2, 0) is 4.79 Å². The maximum atomic E-state index is 11.7. The third-order valence-electron chi connectivity index (χ3n) is 4.05. The Morgan fingerprint density at radius 3 is 2.70 bits per heavy atom. The highest BCUT2D eigenvalue weighted by Crippen LogP contribution is 2.26. The monoisotopic (exact) mass is 284 g/mol. The van der Waals surface area contributed by atoms with Crippen molar-refractivity contribution in [1.29, 1.82) is 0 Å². The van der Waals surface area contributed by atoms with Crippen molar-refractivity contribution in [2.24, 2.45) is 5.92 Å². The number of rotatable bonds is 8.